The lowest BCUT2D eigenvalue weighted by atomic mass is 9.90. The van der Waals surface area contributed by atoms with Crippen LogP contribution in [-0.2, 0) is 10.4 Å². The minimum Gasteiger partial charge on any atom is -0.385 e. The van der Waals surface area contributed by atoms with Gasteiger partial charge in [-0.05, 0) is 42.9 Å². The van der Waals surface area contributed by atoms with Crippen molar-refractivity contribution in [2.45, 2.75) is 38.2 Å². The van der Waals surface area contributed by atoms with E-state index in [2.05, 4.69) is 12.1 Å². The van der Waals surface area contributed by atoms with E-state index in [0.717, 1.165) is 30.5 Å². The molecule has 24 heavy (non-hydrogen) atoms. The van der Waals surface area contributed by atoms with Gasteiger partial charge in [-0.1, -0.05) is 54.6 Å². The molecule has 1 N–H and O–H groups in total. The Morgan fingerprint density at radius 3 is 2.33 bits per heavy atom. The number of amides is 1. The second-order valence-corrected chi connectivity index (χ2v) is 6.81. The number of aliphatic hydroxyl groups is 1. The molecule has 3 heteroatoms. The minimum absolute atomic E-state index is 0.219. The van der Waals surface area contributed by atoms with Crippen LogP contribution in [0.25, 0.3) is 11.1 Å². The summed E-state index contributed by atoms with van der Waals surface area (Å²) in [6.07, 6.45) is 3.27. The number of carbonyl (C=O) groups is 1. The zero-order valence-electron chi connectivity index (χ0n) is 14.2. The molecule has 1 saturated heterocycles. The van der Waals surface area contributed by atoms with Crippen LogP contribution in [0.1, 0.15) is 38.2 Å². The fourth-order valence-electron chi connectivity index (χ4n) is 3.25. The summed E-state index contributed by atoms with van der Waals surface area (Å²) in [5, 5.41) is 10.8. The molecule has 1 unspecified atom stereocenters. The third kappa shape index (κ3) is 3.85. The average Bonchev–Trinajstić information content (AvgIpc) is 2.62. The molecule has 1 heterocycles. The van der Waals surface area contributed by atoms with Gasteiger partial charge in [0.2, 0.25) is 5.91 Å². The Hall–Kier alpha value is -2.13. The van der Waals surface area contributed by atoms with Gasteiger partial charge in [0.05, 0.1) is 5.60 Å². The van der Waals surface area contributed by atoms with Gasteiger partial charge in [-0.2, -0.15) is 0 Å². The van der Waals surface area contributed by atoms with Crippen molar-refractivity contribution in [2.75, 3.05) is 13.1 Å². The number of nitrogens with zero attached hydrogens (tertiary/aromatic N) is 1. The Balaban J connectivity index is 1.67. The van der Waals surface area contributed by atoms with E-state index in [1.807, 2.05) is 54.3 Å². The second-order valence-electron chi connectivity index (χ2n) is 6.81. The summed E-state index contributed by atoms with van der Waals surface area (Å²) < 4.78 is 0. The van der Waals surface area contributed by atoms with Crippen molar-refractivity contribution in [3.05, 3.63) is 60.2 Å². The molecule has 1 atom stereocenters. The van der Waals surface area contributed by atoms with Gasteiger partial charge in [0, 0.05) is 19.5 Å². The molecule has 0 aliphatic carbocycles. The van der Waals surface area contributed by atoms with Gasteiger partial charge in [0.25, 0.3) is 0 Å². The molecule has 3 rings (SSSR count). The van der Waals surface area contributed by atoms with Crippen LogP contribution in [0.2, 0.25) is 0 Å². The van der Waals surface area contributed by atoms with Crippen molar-refractivity contribution < 1.29 is 9.90 Å². The van der Waals surface area contributed by atoms with E-state index >= 15 is 0 Å². The third-order valence-electron chi connectivity index (χ3n) is 4.90. The highest BCUT2D eigenvalue weighted by Crippen LogP contribution is 2.28. The lowest BCUT2D eigenvalue weighted by Gasteiger charge is -2.31. The van der Waals surface area contributed by atoms with E-state index in [0.29, 0.717) is 19.4 Å². The van der Waals surface area contributed by atoms with Crippen molar-refractivity contribution in [1.29, 1.82) is 0 Å². The van der Waals surface area contributed by atoms with Crippen molar-refractivity contribution in [3.8, 4) is 11.1 Å². The Labute approximate surface area is 143 Å². The first-order chi connectivity index (χ1) is 11.6. The number of rotatable bonds is 5. The number of benzene rings is 2. The SMILES string of the molecule is CC(O)(CCN1CCCCC1=O)c1ccc(-c2ccccc2)cc1. The summed E-state index contributed by atoms with van der Waals surface area (Å²) in [4.78, 5) is 13.8. The maximum Gasteiger partial charge on any atom is 0.222 e. The first-order valence-electron chi connectivity index (χ1n) is 8.72. The normalized spacial score (nSPS) is 17.6. The number of hydrogen-bond acceptors (Lipinski definition) is 2. The highest BCUT2D eigenvalue weighted by Gasteiger charge is 2.26. The Morgan fingerprint density at radius 1 is 1.00 bits per heavy atom. The Kier molecular flexibility index (Phi) is 5.00. The summed E-state index contributed by atoms with van der Waals surface area (Å²) in [5.74, 6) is 0.219. The number of hydrogen-bond donors (Lipinski definition) is 1. The molecule has 0 spiro atoms. The van der Waals surface area contributed by atoms with E-state index in [1.54, 1.807) is 0 Å². The van der Waals surface area contributed by atoms with E-state index in [-0.39, 0.29) is 5.91 Å². The number of piperidine rings is 1. The van der Waals surface area contributed by atoms with Gasteiger partial charge >= 0.3 is 0 Å². The van der Waals surface area contributed by atoms with Crippen molar-refractivity contribution >= 4 is 5.91 Å². The van der Waals surface area contributed by atoms with Gasteiger partial charge in [0.15, 0.2) is 0 Å². The first-order valence-corrected chi connectivity index (χ1v) is 8.72. The molecule has 3 nitrogen and oxygen atoms in total. The van der Waals surface area contributed by atoms with Gasteiger partial charge in [-0.3, -0.25) is 4.79 Å². The van der Waals surface area contributed by atoms with Crippen LogP contribution in [0.3, 0.4) is 0 Å². The quantitative estimate of drug-likeness (QED) is 0.904. The van der Waals surface area contributed by atoms with E-state index in [4.69, 9.17) is 0 Å². The van der Waals surface area contributed by atoms with Gasteiger partial charge in [-0.25, -0.2) is 0 Å². The molecule has 1 fully saturated rings. The van der Waals surface area contributed by atoms with Crippen LogP contribution in [-0.4, -0.2) is 29.0 Å². The summed E-state index contributed by atoms with van der Waals surface area (Å²) >= 11 is 0. The lowest BCUT2D eigenvalue weighted by Crippen LogP contribution is -2.38. The number of likely N-dealkylation sites (tertiary alicyclic amines) is 1. The third-order valence-corrected chi connectivity index (χ3v) is 4.90. The topological polar surface area (TPSA) is 40.5 Å². The zero-order chi connectivity index (χ0) is 17.0. The van der Waals surface area contributed by atoms with Crippen LogP contribution in [0.15, 0.2) is 54.6 Å². The molecule has 0 aromatic heterocycles. The fraction of sp³-hybridized carbons (Fsp3) is 0.381. The molecule has 126 valence electrons. The summed E-state index contributed by atoms with van der Waals surface area (Å²) in [6, 6.07) is 18.3. The molecule has 1 amide bonds. The van der Waals surface area contributed by atoms with Crippen LogP contribution in [0.5, 0.6) is 0 Å². The molecule has 2 aromatic carbocycles. The Bertz CT molecular complexity index is 677. The standard InChI is InChI=1S/C21H25NO2/c1-21(24,14-16-22-15-6-5-9-20(22)23)19-12-10-18(11-13-19)17-7-3-2-4-8-17/h2-4,7-8,10-13,24H,5-6,9,14-16H2,1H3. The minimum atomic E-state index is -0.924. The maximum absolute atomic E-state index is 11.9. The molecular weight excluding hydrogens is 298 g/mol. The van der Waals surface area contributed by atoms with E-state index < -0.39 is 5.60 Å². The van der Waals surface area contributed by atoms with Crippen molar-refractivity contribution in [3.63, 3.8) is 0 Å². The monoisotopic (exact) mass is 323 g/mol. The molecule has 1 aliphatic heterocycles. The van der Waals surface area contributed by atoms with Crippen molar-refractivity contribution in [1.82, 2.24) is 4.90 Å². The second kappa shape index (κ2) is 7.18. The highest BCUT2D eigenvalue weighted by molar-refractivity contribution is 5.76. The van der Waals surface area contributed by atoms with Crippen LogP contribution < -0.4 is 0 Å². The largest absolute Gasteiger partial charge is 0.385 e. The van der Waals surface area contributed by atoms with Crippen molar-refractivity contribution in [2.24, 2.45) is 0 Å². The lowest BCUT2D eigenvalue weighted by molar-refractivity contribution is -0.134. The maximum atomic E-state index is 11.9. The summed E-state index contributed by atoms with van der Waals surface area (Å²) in [6.45, 7) is 3.27. The molecule has 2 aromatic rings. The van der Waals surface area contributed by atoms with Crippen LogP contribution >= 0.6 is 0 Å². The molecule has 0 radical (unpaired) electrons. The van der Waals surface area contributed by atoms with E-state index in [1.165, 1.54) is 5.56 Å². The summed E-state index contributed by atoms with van der Waals surface area (Å²) in [7, 11) is 0. The predicted octanol–water partition coefficient (Wildman–Crippen LogP) is 3.96. The average molecular weight is 323 g/mol. The molecule has 1 aliphatic rings. The smallest absolute Gasteiger partial charge is 0.222 e. The van der Waals surface area contributed by atoms with Crippen LogP contribution in [0.4, 0.5) is 0 Å². The van der Waals surface area contributed by atoms with Gasteiger partial charge in [-0.15, -0.1) is 0 Å². The van der Waals surface area contributed by atoms with Crippen LogP contribution in [0, 0.1) is 0 Å². The molecular formula is C21H25NO2. The molecule has 0 bridgehead atoms. The zero-order valence-corrected chi connectivity index (χ0v) is 14.2. The highest BCUT2D eigenvalue weighted by atomic mass is 16.3. The predicted molar refractivity (Wildman–Crippen MR) is 96.5 cm³/mol. The summed E-state index contributed by atoms with van der Waals surface area (Å²) in [5.41, 5.74) is 2.28. The van der Waals surface area contributed by atoms with Gasteiger partial charge in [0.1, 0.15) is 0 Å². The van der Waals surface area contributed by atoms with E-state index in [9.17, 15) is 9.90 Å². The number of carbonyl (C=O) groups excluding carboxylic acids is 1. The molecule has 0 saturated carbocycles. The first kappa shape index (κ1) is 16.7. The van der Waals surface area contributed by atoms with Gasteiger partial charge < -0.3 is 10.0 Å². The Morgan fingerprint density at radius 2 is 1.67 bits per heavy atom. The fourth-order valence-corrected chi connectivity index (χ4v) is 3.25.